The Hall–Kier alpha value is -2.72. The molecule has 0 saturated carbocycles. The average Bonchev–Trinajstić information content (AvgIpc) is 3.78. The van der Waals surface area contributed by atoms with Gasteiger partial charge in [-0.1, -0.05) is 19.8 Å². The van der Waals surface area contributed by atoms with Gasteiger partial charge in [-0.15, -0.1) is 5.06 Å². The van der Waals surface area contributed by atoms with E-state index < -0.39 is 17.8 Å². The molecule has 16 heteroatoms. The number of carbonyl (C=O) groups is 6. The lowest BCUT2D eigenvalue weighted by Crippen LogP contribution is -2.36. The molecule has 5 fully saturated rings. The number of hydrogen-bond acceptors (Lipinski definition) is 10. The normalized spacial score (nSPS) is 27.9. The molecular weight excluding hydrogens is 610 g/mol. The average molecular weight is 658 g/mol. The van der Waals surface area contributed by atoms with Crippen molar-refractivity contribution in [2.75, 3.05) is 24.6 Å². The molecule has 5 aliphatic heterocycles. The molecule has 0 spiro atoms. The number of unbranched alkanes of at least 4 members (excludes halogenated alkanes) is 2. The van der Waals surface area contributed by atoms with Gasteiger partial charge in [0, 0.05) is 54.2 Å². The lowest BCUT2D eigenvalue weighted by molar-refractivity contribution is -0.197. The quantitative estimate of drug-likeness (QED) is 0.100. The van der Waals surface area contributed by atoms with Gasteiger partial charge < -0.3 is 37.2 Å². The van der Waals surface area contributed by atoms with E-state index in [4.69, 9.17) is 10.6 Å². The molecule has 248 valence electrons. The second-order valence-corrected chi connectivity index (χ2v) is 13.7. The van der Waals surface area contributed by atoms with Crippen LogP contribution in [0.1, 0.15) is 78.1 Å². The highest BCUT2D eigenvalue weighted by Gasteiger charge is 2.43. The van der Waals surface area contributed by atoms with Crippen LogP contribution in [0.25, 0.3) is 0 Å². The molecule has 7 N–H and O–H groups in total. The first kappa shape index (κ1) is 35.8. The number of fused-ring (bicyclic) bond motifs is 2. The monoisotopic (exact) mass is 657 g/mol. The summed E-state index contributed by atoms with van der Waals surface area (Å²) in [6.07, 6.45) is 6.42. The maximum Gasteiger partial charge on any atom is 0.333 e. The molecule has 5 aliphatic rings. The fraction of sp³-hybridized carbons (Fsp3) is 0.786. The molecule has 14 nitrogen and oxygen atoms in total. The zero-order valence-corrected chi connectivity index (χ0v) is 27.2. The summed E-state index contributed by atoms with van der Waals surface area (Å²) in [5.41, 5.74) is 4.85. The van der Waals surface area contributed by atoms with Gasteiger partial charge >= 0.3 is 18.0 Å². The molecule has 5 rings (SSSR count). The van der Waals surface area contributed by atoms with Gasteiger partial charge in [-0.2, -0.15) is 23.5 Å². The summed E-state index contributed by atoms with van der Waals surface area (Å²) in [5.74, 6) is 0.591. The van der Waals surface area contributed by atoms with Crippen molar-refractivity contribution >= 4 is 59.3 Å². The smallest absolute Gasteiger partial charge is 0.333 e. The summed E-state index contributed by atoms with van der Waals surface area (Å²) in [4.78, 5) is 72.9. The highest BCUT2D eigenvalue weighted by molar-refractivity contribution is 8.00. The topological polar surface area (TPSA) is 201 Å². The molecule has 0 bridgehead atoms. The number of amides is 7. The van der Waals surface area contributed by atoms with Crippen LogP contribution in [0, 0.1) is 0 Å². The predicted octanol–water partition coefficient (Wildman–Crippen LogP) is 1.13. The van der Waals surface area contributed by atoms with Crippen LogP contribution in [0.4, 0.5) is 9.59 Å². The fourth-order valence-electron chi connectivity index (χ4n) is 5.62. The van der Waals surface area contributed by atoms with Gasteiger partial charge in [0.15, 0.2) is 0 Å². The van der Waals surface area contributed by atoms with Crippen LogP contribution in [0.15, 0.2) is 0 Å². The Bertz CT molecular complexity index is 1020. The first-order valence-corrected chi connectivity index (χ1v) is 17.7. The Kier molecular flexibility index (Phi) is 14.9. The summed E-state index contributed by atoms with van der Waals surface area (Å²) < 4.78 is 0. The van der Waals surface area contributed by atoms with E-state index >= 15 is 0 Å². The SMILES string of the molecule is CCN.CCNC(=O)CCCCC1SCC2NC(=O)NC21.O=C1NC2CSC(CCCCC(=O)ON3C(=O)CCC3=O)C2N1. The zero-order valence-electron chi connectivity index (χ0n) is 25.6. The largest absolute Gasteiger partial charge is 0.356 e. The van der Waals surface area contributed by atoms with Crippen LogP contribution in [0.5, 0.6) is 0 Å². The number of nitrogens with one attached hydrogen (secondary N) is 5. The van der Waals surface area contributed by atoms with Crippen LogP contribution in [0.3, 0.4) is 0 Å². The summed E-state index contributed by atoms with van der Waals surface area (Å²) in [7, 11) is 0. The van der Waals surface area contributed by atoms with Crippen molar-refractivity contribution in [3.8, 4) is 0 Å². The molecule has 6 atom stereocenters. The fourth-order valence-corrected chi connectivity index (χ4v) is 8.71. The molecule has 44 heavy (non-hydrogen) atoms. The Balaban J connectivity index is 0.000000227. The Labute approximate surface area is 267 Å². The summed E-state index contributed by atoms with van der Waals surface area (Å²) in [5, 5.41) is 16.0. The Morgan fingerprint density at radius 2 is 1.30 bits per heavy atom. The number of urea groups is 2. The van der Waals surface area contributed by atoms with E-state index in [0.29, 0.717) is 41.0 Å². The Morgan fingerprint density at radius 3 is 1.77 bits per heavy atom. The first-order valence-electron chi connectivity index (χ1n) is 15.6. The van der Waals surface area contributed by atoms with Crippen molar-refractivity contribution in [3.05, 3.63) is 0 Å². The van der Waals surface area contributed by atoms with Gasteiger partial charge in [-0.3, -0.25) is 14.4 Å². The van der Waals surface area contributed by atoms with Gasteiger partial charge in [0.05, 0.1) is 24.2 Å². The van der Waals surface area contributed by atoms with Crippen LogP contribution in [0.2, 0.25) is 0 Å². The summed E-state index contributed by atoms with van der Waals surface area (Å²) in [6, 6.07) is 0.822. The lowest BCUT2D eigenvalue weighted by Gasteiger charge is -2.16. The van der Waals surface area contributed by atoms with E-state index in [0.717, 1.165) is 50.2 Å². The van der Waals surface area contributed by atoms with Gasteiger partial charge in [0.25, 0.3) is 11.8 Å². The second-order valence-electron chi connectivity index (χ2n) is 11.1. The first-order chi connectivity index (χ1) is 21.2. The molecule has 0 radical (unpaired) electrons. The van der Waals surface area contributed by atoms with E-state index in [1.807, 2.05) is 37.4 Å². The Morgan fingerprint density at radius 1 is 0.818 bits per heavy atom. The number of nitrogens with two attached hydrogens (primary N) is 1. The minimum atomic E-state index is -0.554. The molecular formula is C28H47N7O7S2. The van der Waals surface area contributed by atoms with E-state index in [1.165, 1.54) is 0 Å². The summed E-state index contributed by atoms with van der Waals surface area (Å²) in [6.45, 7) is 5.29. The van der Waals surface area contributed by atoms with E-state index in [-0.39, 0.29) is 55.4 Å². The number of hydrogen-bond donors (Lipinski definition) is 6. The molecule has 0 aromatic carbocycles. The van der Waals surface area contributed by atoms with Crippen LogP contribution in [-0.2, 0) is 24.0 Å². The van der Waals surface area contributed by atoms with Gasteiger partial charge in [-0.25, -0.2) is 14.4 Å². The number of imide groups is 1. The summed E-state index contributed by atoms with van der Waals surface area (Å²) >= 11 is 3.76. The minimum Gasteiger partial charge on any atom is -0.356 e. The molecule has 0 aliphatic carbocycles. The highest BCUT2D eigenvalue weighted by atomic mass is 32.2. The molecule has 0 aromatic rings. The van der Waals surface area contributed by atoms with Gasteiger partial charge in [0.2, 0.25) is 5.91 Å². The lowest BCUT2D eigenvalue weighted by atomic mass is 10.0. The van der Waals surface area contributed by atoms with E-state index in [9.17, 15) is 28.8 Å². The maximum atomic E-state index is 11.7. The standard InChI is InChI=1S/C14H19N3O5S.C12H21N3O2S.C2H7N/c18-10-5-6-11(19)17(10)22-12(20)4-2-1-3-9-13-8(7-23-9)15-14(21)16-13;1-2-13-10(16)6-4-3-5-9-11-8(7-18-9)14-12(17)15-11;1-2-3/h8-9,13H,1-7H2,(H2,15,16,21);8-9,11H,2-7H2,1H3,(H,13,16)(H2,14,15,17);2-3H2,1H3. The molecule has 6 unspecified atom stereocenters. The molecule has 7 amide bonds. The van der Waals surface area contributed by atoms with Gasteiger partial charge in [-0.05, 0) is 39.2 Å². The van der Waals surface area contributed by atoms with Crippen LogP contribution in [-0.4, -0.2) is 100 Å². The maximum absolute atomic E-state index is 11.7. The zero-order chi connectivity index (χ0) is 32.1. The number of carbonyl (C=O) groups excluding carboxylic acids is 6. The van der Waals surface area contributed by atoms with Crippen molar-refractivity contribution in [2.24, 2.45) is 5.73 Å². The van der Waals surface area contributed by atoms with Crippen LogP contribution < -0.4 is 32.3 Å². The molecule has 5 saturated heterocycles. The number of thioether (sulfide) groups is 2. The van der Waals surface area contributed by atoms with Crippen molar-refractivity contribution < 1.29 is 33.6 Å². The van der Waals surface area contributed by atoms with Crippen LogP contribution >= 0.6 is 23.5 Å². The van der Waals surface area contributed by atoms with Crippen molar-refractivity contribution in [2.45, 2.75) is 113 Å². The highest BCUT2D eigenvalue weighted by Crippen LogP contribution is 2.34. The van der Waals surface area contributed by atoms with Crippen molar-refractivity contribution in [1.29, 1.82) is 0 Å². The number of hydroxylamine groups is 2. The van der Waals surface area contributed by atoms with Crippen molar-refractivity contribution in [1.82, 2.24) is 31.6 Å². The number of rotatable bonds is 12. The third-order valence-electron chi connectivity index (χ3n) is 7.71. The second kappa shape index (κ2) is 18.3. The predicted molar refractivity (Wildman–Crippen MR) is 169 cm³/mol. The van der Waals surface area contributed by atoms with E-state index in [1.54, 1.807) is 0 Å². The minimum absolute atomic E-state index is 0.0300. The third kappa shape index (κ3) is 10.7. The molecule has 0 aromatic heterocycles. The molecule has 5 heterocycles. The van der Waals surface area contributed by atoms with Gasteiger partial charge in [0.1, 0.15) is 0 Å². The number of nitrogens with zero attached hydrogens (tertiary/aromatic N) is 1. The van der Waals surface area contributed by atoms with E-state index in [2.05, 4.69) is 26.6 Å². The van der Waals surface area contributed by atoms with Crippen molar-refractivity contribution in [3.63, 3.8) is 0 Å². The third-order valence-corrected chi connectivity index (χ3v) is 10.7.